The molecule has 31 heavy (non-hydrogen) atoms. The number of halogens is 2. The zero-order chi connectivity index (χ0) is 21.8. The summed E-state index contributed by atoms with van der Waals surface area (Å²) in [6, 6.07) is 21.8. The molecule has 0 fully saturated rings. The Balaban J connectivity index is 1.53. The molecule has 1 aliphatic heterocycles. The highest BCUT2D eigenvalue weighted by Crippen LogP contribution is 2.32. The average Bonchev–Trinajstić information content (AvgIpc) is 2.90. The van der Waals surface area contributed by atoms with Gasteiger partial charge in [0.25, 0.3) is 0 Å². The number of hydrogen-bond donors (Lipinski definition) is 1. The first-order valence-electron chi connectivity index (χ1n) is 9.73. The molecule has 156 valence electrons. The Bertz CT molecular complexity index is 1140. The molecular formula is C24H19Cl2N3O2. The maximum atomic E-state index is 13.1. The maximum Gasteiger partial charge on any atom is 0.240 e. The topological polar surface area (TPSA) is 61.8 Å². The van der Waals surface area contributed by atoms with Crippen molar-refractivity contribution in [3.8, 4) is 0 Å². The van der Waals surface area contributed by atoms with E-state index in [4.69, 9.17) is 28.2 Å². The highest BCUT2D eigenvalue weighted by molar-refractivity contribution is 6.31. The molecule has 1 N–H and O–H groups in total. The first-order valence-corrected chi connectivity index (χ1v) is 10.5. The van der Waals surface area contributed by atoms with Gasteiger partial charge in [0, 0.05) is 16.6 Å². The molecule has 0 spiro atoms. The SMILES string of the molecule is O=C(CN1C(=O)CC(c2ccc(Cl)cc2)=Nc2ccccc21)NCc1ccc(Cl)cc1. The quantitative estimate of drug-likeness (QED) is 0.581. The number of anilines is 1. The predicted octanol–water partition coefficient (Wildman–Crippen LogP) is 5.17. The first kappa shape index (κ1) is 21.1. The third-order valence-electron chi connectivity index (χ3n) is 4.93. The second-order valence-electron chi connectivity index (χ2n) is 7.11. The van der Waals surface area contributed by atoms with Crippen molar-refractivity contribution in [3.63, 3.8) is 0 Å². The van der Waals surface area contributed by atoms with Gasteiger partial charge < -0.3 is 10.2 Å². The Morgan fingerprint density at radius 1 is 0.935 bits per heavy atom. The summed E-state index contributed by atoms with van der Waals surface area (Å²) in [5, 5.41) is 4.11. The van der Waals surface area contributed by atoms with E-state index >= 15 is 0 Å². The van der Waals surface area contributed by atoms with Gasteiger partial charge in [-0.25, -0.2) is 0 Å². The number of amides is 2. The van der Waals surface area contributed by atoms with E-state index in [9.17, 15) is 9.59 Å². The monoisotopic (exact) mass is 451 g/mol. The van der Waals surface area contributed by atoms with Crippen LogP contribution >= 0.6 is 23.2 Å². The van der Waals surface area contributed by atoms with Crippen LogP contribution in [-0.4, -0.2) is 24.1 Å². The van der Waals surface area contributed by atoms with Crippen molar-refractivity contribution in [2.24, 2.45) is 4.99 Å². The number of rotatable bonds is 5. The standard InChI is InChI=1S/C24H19Cl2N3O2/c25-18-9-5-16(6-10-18)14-27-23(30)15-29-22-4-2-1-3-20(22)28-21(13-24(29)31)17-7-11-19(26)12-8-17/h1-12H,13-15H2,(H,27,30). The van der Waals surface area contributed by atoms with E-state index in [0.29, 0.717) is 33.7 Å². The molecular weight excluding hydrogens is 433 g/mol. The fourth-order valence-electron chi connectivity index (χ4n) is 3.33. The Hall–Kier alpha value is -3.15. The van der Waals surface area contributed by atoms with Gasteiger partial charge in [-0.1, -0.05) is 59.6 Å². The molecule has 0 bridgehead atoms. The fraction of sp³-hybridized carbons (Fsp3) is 0.125. The molecule has 0 saturated carbocycles. The van der Waals surface area contributed by atoms with Crippen LogP contribution in [0.15, 0.2) is 77.8 Å². The number of benzene rings is 3. The van der Waals surface area contributed by atoms with Crippen LogP contribution in [0, 0.1) is 0 Å². The zero-order valence-corrected chi connectivity index (χ0v) is 18.0. The maximum absolute atomic E-state index is 13.1. The minimum atomic E-state index is -0.256. The van der Waals surface area contributed by atoms with Crippen molar-refractivity contribution in [1.29, 1.82) is 0 Å². The molecule has 0 radical (unpaired) electrons. The number of nitrogens with zero attached hydrogens (tertiary/aromatic N) is 2. The Morgan fingerprint density at radius 3 is 2.29 bits per heavy atom. The Morgan fingerprint density at radius 2 is 1.58 bits per heavy atom. The van der Waals surface area contributed by atoms with Crippen molar-refractivity contribution in [2.45, 2.75) is 13.0 Å². The van der Waals surface area contributed by atoms with Crippen LogP contribution in [0.25, 0.3) is 0 Å². The lowest BCUT2D eigenvalue weighted by molar-refractivity contribution is -0.123. The first-order chi connectivity index (χ1) is 15.0. The number of carbonyl (C=O) groups excluding carboxylic acids is 2. The van der Waals surface area contributed by atoms with Crippen LogP contribution < -0.4 is 10.2 Å². The number of fused-ring (bicyclic) bond motifs is 1. The second kappa shape index (κ2) is 9.33. The number of nitrogens with one attached hydrogen (secondary N) is 1. The van der Waals surface area contributed by atoms with Crippen molar-refractivity contribution in [3.05, 3.63) is 94.0 Å². The van der Waals surface area contributed by atoms with Gasteiger partial charge in [0.15, 0.2) is 0 Å². The molecule has 7 heteroatoms. The molecule has 4 rings (SSSR count). The van der Waals surface area contributed by atoms with E-state index in [0.717, 1.165) is 11.1 Å². The minimum Gasteiger partial charge on any atom is -0.350 e. The largest absolute Gasteiger partial charge is 0.350 e. The van der Waals surface area contributed by atoms with Gasteiger partial charge >= 0.3 is 0 Å². The molecule has 0 atom stereocenters. The van der Waals surface area contributed by atoms with E-state index in [-0.39, 0.29) is 24.8 Å². The van der Waals surface area contributed by atoms with Crippen molar-refractivity contribution < 1.29 is 9.59 Å². The van der Waals surface area contributed by atoms with Gasteiger partial charge in [0.1, 0.15) is 6.54 Å². The van der Waals surface area contributed by atoms with E-state index in [1.165, 1.54) is 4.90 Å². The Kier molecular flexibility index (Phi) is 6.35. The van der Waals surface area contributed by atoms with Crippen molar-refractivity contribution in [1.82, 2.24) is 5.32 Å². The lowest BCUT2D eigenvalue weighted by atomic mass is 10.1. The van der Waals surface area contributed by atoms with Crippen molar-refractivity contribution >= 4 is 52.1 Å². The summed E-state index contributed by atoms with van der Waals surface area (Å²) < 4.78 is 0. The van der Waals surface area contributed by atoms with Crippen LogP contribution in [0.1, 0.15) is 17.5 Å². The van der Waals surface area contributed by atoms with Crippen LogP contribution in [0.5, 0.6) is 0 Å². The lowest BCUT2D eigenvalue weighted by Crippen LogP contribution is -2.41. The highest BCUT2D eigenvalue weighted by atomic mass is 35.5. The summed E-state index contributed by atoms with van der Waals surface area (Å²) >= 11 is 11.9. The van der Waals surface area contributed by atoms with E-state index in [2.05, 4.69) is 5.32 Å². The molecule has 0 unspecified atom stereocenters. The van der Waals surface area contributed by atoms with Gasteiger partial charge in [-0.2, -0.15) is 0 Å². The van der Waals surface area contributed by atoms with Gasteiger partial charge in [0.2, 0.25) is 11.8 Å². The molecule has 0 saturated heterocycles. The molecule has 1 heterocycles. The summed E-state index contributed by atoms with van der Waals surface area (Å²) in [7, 11) is 0. The Labute approximate surface area is 190 Å². The number of aliphatic imine (C=N–C) groups is 1. The minimum absolute atomic E-state index is 0.0841. The van der Waals surface area contributed by atoms with Crippen LogP contribution in [0.2, 0.25) is 10.0 Å². The molecule has 3 aromatic rings. The van der Waals surface area contributed by atoms with Crippen LogP contribution in [0.4, 0.5) is 11.4 Å². The summed E-state index contributed by atoms with van der Waals surface area (Å²) in [6.07, 6.45) is 0.0841. The smallest absolute Gasteiger partial charge is 0.240 e. The summed E-state index contributed by atoms with van der Waals surface area (Å²) in [5.74, 6) is -0.451. The fourth-order valence-corrected chi connectivity index (χ4v) is 3.58. The van der Waals surface area contributed by atoms with Gasteiger partial charge in [-0.05, 0) is 47.5 Å². The molecule has 0 aliphatic carbocycles. The molecule has 1 aliphatic rings. The van der Waals surface area contributed by atoms with Gasteiger partial charge in [-0.3, -0.25) is 14.6 Å². The van der Waals surface area contributed by atoms with E-state index < -0.39 is 0 Å². The van der Waals surface area contributed by atoms with Crippen LogP contribution in [0.3, 0.4) is 0 Å². The van der Waals surface area contributed by atoms with Crippen LogP contribution in [-0.2, 0) is 16.1 Å². The average molecular weight is 452 g/mol. The summed E-state index contributed by atoms with van der Waals surface area (Å²) in [5.41, 5.74) is 3.63. The predicted molar refractivity (Wildman–Crippen MR) is 124 cm³/mol. The van der Waals surface area contributed by atoms with Gasteiger partial charge in [-0.15, -0.1) is 0 Å². The highest BCUT2D eigenvalue weighted by Gasteiger charge is 2.26. The number of para-hydroxylation sites is 2. The van der Waals surface area contributed by atoms with E-state index in [1.54, 1.807) is 30.3 Å². The number of hydrogen-bond acceptors (Lipinski definition) is 3. The molecule has 0 aromatic heterocycles. The van der Waals surface area contributed by atoms with Crippen molar-refractivity contribution in [2.75, 3.05) is 11.4 Å². The third-order valence-corrected chi connectivity index (χ3v) is 5.43. The molecule has 5 nitrogen and oxygen atoms in total. The second-order valence-corrected chi connectivity index (χ2v) is 7.99. The summed E-state index contributed by atoms with van der Waals surface area (Å²) in [4.78, 5) is 31.9. The third kappa shape index (κ3) is 5.13. The lowest BCUT2D eigenvalue weighted by Gasteiger charge is -2.22. The normalized spacial score (nSPS) is 13.3. The zero-order valence-electron chi connectivity index (χ0n) is 16.5. The van der Waals surface area contributed by atoms with Gasteiger partial charge in [0.05, 0.1) is 23.5 Å². The number of carbonyl (C=O) groups is 2. The summed E-state index contributed by atoms with van der Waals surface area (Å²) in [6.45, 7) is 0.263. The molecule has 2 amide bonds. The van der Waals surface area contributed by atoms with E-state index in [1.807, 2.05) is 42.5 Å². The molecule has 3 aromatic carbocycles.